The molecular weight excluding hydrogens is 336 g/mol. The minimum Gasteiger partial charge on any atom is -0.460 e. The molecule has 0 bridgehead atoms. The van der Waals surface area contributed by atoms with Crippen LogP contribution >= 0.6 is 0 Å². The van der Waals surface area contributed by atoms with Crippen LogP contribution < -0.4 is 4.90 Å². The van der Waals surface area contributed by atoms with Crippen molar-refractivity contribution in [2.75, 3.05) is 24.7 Å². The molecule has 2 aliphatic heterocycles. The maximum Gasteiger partial charge on any atom is 0.353 e. The van der Waals surface area contributed by atoms with E-state index in [0.717, 1.165) is 0 Å². The molecule has 1 atom stereocenters. The number of esters is 1. The van der Waals surface area contributed by atoms with Crippen molar-refractivity contribution in [1.82, 2.24) is 4.90 Å². The fourth-order valence-electron chi connectivity index (χ4n) is 3.83. The molecule has 1 unspecified atom stereocenters. The summed E-state index contributed by atoms with van der Waals surface area (Å²) in [6.07, 6.45) is 0.406. The van der Waals surface area contributed by atoms with Crippen LogP contribution in [0.1, 0.15) is 44.0 Å². The average molecular weight is 360 g/mol. The Morgan fingerprint density at radius 3 is 2.65 bits per heavy atom. The first-order valence-corrected chi connectivity index (χ1v) is 8.96. The van der Waals surface area contributed by atoms with Gasteiger partial charge in [0.05, 0.1) is 17.9 Å². The molecule has 0 radical (unpaired) electrons. The Kier molecular flexibility index (Phi) is 5.00. The van der Waals surface area contributed by atoms with Gasteiger partial charge < -0.3 is 14.4 Å². The van der Waals surface area contributed by atoms with Crippen molar-refractivity contribution < 1.29 is 23.9 Å². The van der Waals surface area contributed by atoms with Gasteiger partial charge in [-0.25, -0.2) is 4.79 Å². The Balaban J connectivity index is 2.06. The molecule has 1 saturated heterocycles. The fourth-order valence-corrected chi connectivity index (χ4v) is 3.83. The molecule has 0 N–H and O–H groups in total. The second kappa shape index (κ2) is 7.07. The Bertz CT molecular complexity index is 732. The van der Waals surface area contributed by atoms with Crippen molar-refractivity contribution in [2.24, 2.45) is 0 Å². The predicted octanol–water partition coefficient (Wildman–Crippen LogP) is 1.95. The molecule has 26 heavy (non-hydrogen) atoms. The van der Waals surface area contributed by atoms with E-state index in [0.29, 0.717) is 17.9 Å². The van der Waals surface area contributed by atoms with Gasteiger partial charge in [0.2, 0.25) is 11.6 Å². The number of fused-ring (bicyclic) bond motifs is 3. The van der Waals surface area contributed by atoms with Crippen molar-refractivity contribution in [3.8, 4) is 0 Å². The zero-order valence-corrected chi connectivity index (χ0v) is 15.4. The van der Waals surface area contributed by atoms with E-state index < -0.39 is 11.6 Å². The molecule has 0 spiro atoms. The van der Waals surface area contributed by atoms with Crippen LogP contribution in [0.4, 0.5) is 5.69 Å². The van der Waals surface area contributed by atoms with E-state index in [1.807, 2.05) is 20.8 Å². The highest BCUT2D eigenvalue weighted by Crippen LogP contribution is 2.45. The number of carbonyl (C=O) groups is 3. The number of benzene rings is 1. The number of nitrogens with zero attached hydrogens (tertiary/aromatic N) is 2. The molecule has 7 heteroatoms. The molecule has 7 nitrogen and oxygen atoms in total. The normalized spacial score (nSPS) is 21.8. The van der Waals surface area contributed by atoms with Crippen LogP contribution in [0.2, 0.25) is 0 Å². The summed E-state index contributed by atoms with van der Waals surface area (Å²) in [5, 5.41) is 0. The second-order valence-electron chi connectivity index (χ2n) is 6.66. The SMILES string of the molecule is CCOCCOC(=O)C12CCC(=O)N1c1ccccc1C(=O)N2C(C)C. The summed E-state index contributed by atoms with van der Waals surface area (Å²) in [4.78, 5) is 41.9. The number of hydrogen-bond donors (Lipinski definition) is 0. The number of anilines is 1. The zero-order chi connectivity index (χ0) is 18.9. The summed E-state index contributed by atoms with van der Waals surface area (Å²) in [5.74, 6) is -1.03. The van der Waals surface area contributed by atoms with E-state index in [9.17, 15) is 14.4 Å². The standard InChI is InChI=1S/C19H24N2O5/c1-4-25-11-12-26-18(24)19-10-9-16(22)21(19)15-8-6-5-7-14(15)17(23)20(19)13(2)3/h5-8,13H,4,9-12H2,1-3H3. The maximum absolute atomic E-state index is 13.1. The van der Waals surface area contributed by atoms with E-state index in [-0.39, 0.29) is 43.9 Å². The average Bonchev–Trinajstić information content (AvgIpc) is 2.97. The third-order valence-corrected chi connectivity index (χ3v) is 4.81. The molecule has 1 fully saturated rings. The van der Waals surface area contributed by atoms with Gasteiger partial charge in [-0.3, -0.25) is 14.5 Å². The minimum absolute atomic E-state index is 0.0816. The number of rotatable bonds is 6. The van der Waals surface area contributed by atoms with Gasteiger partial charge in [0.15, 0.2) is 0 Å². The molecule has 140 valence electrons. The van der Waals surface area contributed by atoms with Crippen molar-refractivity contribution >= 4 is 23.5 Å². The lowest BCUT2D eigenvalue weighted by Gasteiger charge is -2.50. The quantitative estimate of drug-likeness (QED) is 0.572. The summed E-state index contributed by atoms with van der Waals surface area (Å²) in [5.41, 5.74) is -0.532. The van der Waals surface area contributed by atoms with Crippen molar-refractivity contribution in [1.29, 1.82) is 0 Å². The van der Waals surface area contributed by atoms with E-state index in [2.05, 4.69) is 0 Å². The molecule has 2 heterocycles. The monoisotopic (exact) mass is 360 g/mol. The van der Waals surface area contributed by atoms with Crippen LogP contribution in [0.5, 0.6) is 0 Å². The van der Waals surface area contributed by atoms with Gasteiger partial charge in [0.25, 0.3) is 5.91 Å². The number of carbonyl (C=O) groups excluding carboxylic acids is 3. The van der Waals surface area contributed by atoms with Crippen LogP contribution in [-0.4, -0.2) is 54.2 Å². The summed E-state index contributed by atoms with van der Waals surface area (Å²) in [7, 11) is 0. The highest BCUT2D eigenvalue weighted by Gasteiger charge is 2.62. The lowest BCUT2D eigenvalue weighted by molar-refractivity contribution is -0.159. The van der Waals surface area contributed by atoms with Crippen LogP contribution in [0.15, 0.2) is 24.3 Å². The molecule has 1 aromatic carbocycles. The first-order chi connectivity index (χ1) is 12.4. The molecular formula is C19H24N2O5. The molecule has 2 amide bonds. The lowest BCUT2D eigenvalue weighted by Crippen LogP contribution is -2.70. The highest BCUT2D eigenvalue weighted by molar-refractivity contribution is 6.15. The van der Waals surface area contributed by atoms with E-state index in [1.54, 1.807) is 24.3 Å². The molecule has 0 aliphatic carbocycles. The molecule has 0 aromatic heterocycles. The smallest absolute Gasteiger partial charge is 0.353 e. The van der Waals surface area contributed by atoms with Gasteiger partial charge >= 0.3 is 5.97 Å². The topological polar surface area (TPSA) is 76.1 Å². The summed E-state index contributed by atoms with van der Waals surface area (Å²) >= 11 is 0. The third kappa shape index (κ3) is 2.67. The van der Waals surface area contributed by atoms with Crippen LogP contribution in [0.25, 0.3) is 0 Å². The zero-order valence-electron chi connectivity index (χ0n) is 15.4. The molecule has 0 saturated carbocycles. The van der Waals surface area contributed by atoms with Gasteiger partial charge in [0, 0.05) is 25.5 Å². The predicted molar refractivity (Wildman–Crippen MR) is 94.7 cm³/mol. The van der Waals surface area contributed by atoms with Crippen LogP contribution in [-0.2, 0) is 19.1 Å². The minimum atomic E-state index is -1.43. The molecule has 1 aromatic rings. The molecule has 3 rings (SSSR count). The molecule has 2 aliphatic rings. The Hall–Kier alpha value is -2.41. The number of hydrogen-bond acceptors (Lipinski definition) is 5. The van der Waals surface area contributed by atoms with E-state index in [4.69, 9.17) is 9.47 Å². The van der Waals surface area contributed by atoms with Gasteiger partial charge in [-0.15, -0.1) is 0 Å². The van der Waals surface area contributed by atoms with Crippen LogP contribution in [0, 0.1) is 0 Å². The fraction of sp³-hybridized carbons (Fsp3) is 0.526. The first-order valence-electron chi connectivity index (χ1n) is 8.96. The summed E-state index contributed by atoms with van der Waals surface area (Å²) in [6.45, 7) is 6.41. The third-order valence-electron chi connectivity index (χ3n) is 4.81. The first kappa shape index (κ1) is 18.4. The summed E-state index contributed by atoms with van der Waals surface area (Å²) < 4.78 is 10.6. The Labute approximate surface area is 152 Å². The van der Waals surface area contributed by atoms with Gasteiger partial charge in [-0.1, -0.05) is 12.1 Å². The number of para-hydroxylation sites is 1. The van der Waals surface area contributed by atoms with Crippen molar-refractivity contribution in [2.45, 2.75) is 45.3 Å². The van der Waals surface area contributed by atoms with Gasteiger partial charge in [-0.05, 0) is 32.9 Å². The second-order valence-corrected chi connectivity index (χ2v) is 6.66. The van der Waals surface area contributed by atoms with Crippen molar-refractivity contribution in [3.63, 3.8) is 0 Å². The Morgan fingerprint density at radius 1 is 1.23 bits per heavy atom. The van der Waals surface area contributed by atoms with E-state index >= 15 is 0 Å². The number of amides is 2. The summed E-state index contributed by atoms with van der Waals surface area (Å²) in [6, 6.07) is 6.62. The van der Waals surface area contributed by atoms with Gasteiger partial charge in [0.1, 0.15) is 6.61 Å². The number of ether oxygens (including phenoxy) is 2. The van der Waals surface area contributed by atoms with E-state index in [1.165, 1.54) is 9.80 Å². The Morgan fingerprint density at radius 2 is 1.96 bits per heavy atom. The van der Waals surface area contributed by atoms with Gasteiger partial charge in [-0.2, -0.15) is 0 Å². The largest absolute Gasteiger partial charge is 0.460 e. The van der Waals surface area contributed by atoms with Crippen LogP contribution in [0.3, 0.4) is 0 Å². The highest BCUT2D eigenvalue weighted by atomic mass is 16.6. The van der Waals surface area contributed by atoms with Crippen molar-refractivity contribution in [3.05, 3.63) is 29.8 Å². The maximum atomic E-state index is 13.1. The lowest BCUT2D eigenvalue weighted by atomic mass is 9.95.